The van der Waals surface area contributed by atoms with Crippen LogP contribution in [0.15, 0.2) is 24.3 Å². The zero-order valence-corrected chi connectivity index (χ0v) is 11.5. The fourth-order valence-corrected chi connectivity index (χ4v) is 2.54. The Bertz CT molecular complexity index is 610. The molecule has 2 aromatic rings. The lowest BCUT2D eigenvalue weighted by Crippen LogP contribution is -2.40. The van der Waals surface area contributed by atoms with Crippen molar-refractivity contribution in [3.8, 4) is 0 Å². The van der Waals surface area contributed by atoms with Crippen molar-refractivity contribution in [3.63, 3.8) is 0 Å². The Morgan fingerprint density at radius 2 is 2.00 bits per heavy atom. The van der Waals surface area contributed by atoms with Gasteiger partial charge in [-0.2, -0.15) is 13.2 Å². The third kappa shape index (κ3) is 3.09. The summed E-state index contributed by atoms with van der Waals surface area (Å²) < 4.78 is 44.1. The molecule has 0 radical (unpaired) electrons. The third-order valence-electron chi connectivity index (χ3n) is 3.56. The van der Waals surface area contributed by atoms with E-state index in [1.807, 2.05) is 4.90 Å². The van der Waals surface area contributed by atoms with Gasteiger partial charge >= 0.3 is 6.18 Å². The molecule has 22 heavy (non-hydrogen) atoms. The largest absolute Gasteiger partial charge is 0.416 e. The van der Waals surface area contributed by atoms with Crippen LogP contribution in [0.2, 0.25) is 0 Å². The van der Waals surface area contributed by atoms with Gasteiger partial charge in [0.2, 0.25) is 0 Å². The van der Waals surface area contributed by atoms with E-state index in [-0.39, 0.29) is 0 Å². The molecule has 0 amide bonds. The maximum atomic E-state index is 12.9. The highest BCUT2D eigenvalue weighted by molar-refractivity contribution is 5.31. The first-order valence-electron chi connectivity index (χ1n) is 6.78. The van der Waals surface area contributed by atoms with Crippen molar-refractivity contribution in [2.45, 2.75) is 12.2 Å². The van der Waals surface area contributed by atoms with E-state index in [1.54, 1.807) is 6.07 Å². The van der Waals surface area contributed by atoms with Gasteiger partial charge in [0, 0.05) is 13.1 Å². The molecular weight excluding hydrogens is 299 g/mol. The topological polar surface area (TPSA) is 66.9 Å². The molecule has 0 spiro atoms. The Hall–Kier alpha value is -2.00. The summed E-state index contributed by atoms with van der Waals surface area (Å²) in [6, 6.07) is 4.79. The van der Waals surface area contributed by atoms with Crippen LogP contribution in [0.3, 0.4) is 0 Å². The number of aromatic amines is 1. The van der Waals surface area contributed by atoms with Gasteiger partial charge in [0.25, 0.3) is 0 Å². The zero-order valence-electron chi connectivity index (χ0n) is 11.5. The third-order valence-corrected chi connectivity index (χ3v) is 3.56. The number of benzene rings is 1. The fourth-order valence-electron chi connectivity index (χ4n) is 2.54. The molecule has 3 rings (SSSR count). The van der Waals surface area contributed by atoms with Gasteiger partial charge < -0.3 is 4.74 Å². The predicted octanol–water partition coefficient (Wildman–Crippen LogP) is 1.64. The molecule has 1 aromatic carbocycles. The van der Waals surface area contributed by atoms with Crippen LogP contribution in [-0.2, 0) is 10.9 Å². The average molecular weight is 313 g/mol. The summed E-state index contributed by atoms with van der Waals surface area (Å²) >= 11 is 0. The van der Waals surface area contributed by atoms with Crippen molar-refractivity contribution in [1.29, 1.82) is 0 Å². The minimum Gasteiger partial charge on any atom is -0.379 e. The molecule has 2 heterocycles. The molecule has 1 aliphatic rings. The zero-order chi connectivity index (χ0) is 15.6. The van der Waals surface area contributed by atoms with Gasteiger partial charge in [-0.05, 0) is 28.1 Å². The van der Waals surface area contributed by atoms with E-state index in [2.05, 4.69) is 20.6 Å². The molecule has 118 valence electrons. The second-order valence-corrected chi connectivity index (χ2v) is 4.96. The number of morpholine rings is 1. The standard InChI is InChI=1S/C13H14F3N5O/c14-13(15,16)10-3-1-2-9(8-10)11(12-17-19-20-18-12)21-4-6-22-7-5-21/h1-3,8,11H,4-7H2,(H,17,18,19,20). The van der Waals surface area contributed by atoms with Crippen molar-refractivity contribution in [1.82, 2.24) is 25.5 Å². The molecule has 6 nitrogen and oxygen atoms in total. The number of hydrogen-bond acceptors (Lipinski definition) is 5. The maximum Gasteiger partial charge on any atom is 0.416 e. The number of alkyl halides is 3. The smallest absolute Gasteiger partial charge is 0.379 e. The summed E-state index contributed by atoms with van der Waals surface area (Å²) in [5, 5.41) is 13.6. The van der Waals surface area contributed by atoms with Crippen LogP contribution in [-0.4, -0.2) is 51.8 Å². The molecule has 0 aliphatic carbocycles. The summed E-state index contributed by atoms with van der Waals surface area (Å²) in [5.74, 6) is 0.418. The second kappa shape index (κ2) is 6.01. The molecule has 0 bridgehead atoms. The summed E-state index contributed by atoms with van der Waals surface area (Å²) in [6.45, 7) is 2.25. The summed E-state index contributed by atoms with van der Waals surface area (Å²) in [7, 11) is 0. The van der Waals surface area contributed by atoms with E-state index in [0.29, 0.717) is 37.7 Å². The molecule has 1 unspecified atom stereocenters. The molecule has 1 aliphatic heterocycles. The summed E-state index contributed by atoms with van der Waals surface area (Å²) in [4.78, 5) is 2.00. The number of halogens is 3. The van der Waals surface area contributed by atoms with Gasteiger partial charge in [-0.1, -0.05) is 12.1 Å². The van der Waals surface area contributed by atoms with Crippen LogP contribution in [0.1, 0.15) is 23.0 Å². The van der Waals surface area contributed by atoms with Crippen LogP contribution >= 0.6 is 0 Å². The minimum absolute atomic E-state index is 0.418. The lowest BCUT2D eigenvalue weighted by atomic mass is 10.0. The van der Waals surface area contributed by atoms with Gasteiger partial charge in [0.1, 0.15) is 0 Å². The van der Waals surface area contributed by atoms with E-state index in [1.165, 1.54) is 6.07 Å². The van der Waals surface area contributed by atoms with Crippen LogP contribution < -0.4 is 0 Å². The van der Waals surface area contributed by atoms with Crippen LogP contribution in [0, 0.1) is 0 Å². The highest BCUT2D eigenvalue weighted by Gasteiger charge is 2.33. The van der Waals surface area contributed by atoms with Gasteiger partial charge in [-0.3, -0.25) is 4.90 Å². The second-order valence-electron chi connectivity index (χ2n) is 4.96. The quantitative estimate of drug-likeness (QED) is 0.933. The number of hydrogen-bond donors (Lipinski definition) is 1. The molecular formula is C13H14F3N5O. The van der Waals surface area contributed by atoms with Crippen molar-refractivity contribution < 1.29 is 17.9 Å². The van der Waals surface area contributed by atoms with E-state index >= 15 is 0 Å². The van der Waals surface area contributed by atoms with Gasteiger partial charge in [-0.15, -0.1) is 5.10 Å². The molecule has 0 saturated carbocycles. The molecule has 9 heteroatoms. The van der Waals surface area contributed by atoms with E-state index in [0.717, 1.165) is 12.1 Å². The number of ether oxygens (including phenoxy) is 1. The Balaban J connectivity index is 1.99. The first-order valence-corrected chi connectivity index (χ1v) is 6.78. The van der Waals surface area contributed by atoms with Gasteiger partial charge in [0.15, 0.2) is 5.82 Å². The lowest BCUT2D eigenvalue weighted by Gasteiger charge is -2.33. The molecule has 1 N–H and O–H groups in total. The maximum absolute atomic E-state index is 12.9. The minimum atomic E-state index is -4.38. The Morgan fingerprint density at radius 1 is 1.23 bits per heavy atom. The lowest BCUT2D eigenvalue weighted by molar-refractivity contribution is -0.137. The number of rotatable bonds is 3. The summed E-state index contributed by atoms with van der Waals surface area (Å²) in [5.41, 5.74) is -0.189. The highest BCUT2D eigenvalue weighted by atomic mass is 19.4. The monoisotopic (exact) mass is 313 g/mol. The Morgan fingerprint density at radius 3 is 2.64 bits per heavy atom. The first-order chi connectivity index (χ1) is 10.6. The van der Waals surface area contributed by atoms with Crippen molar-refractivity contribution in [3.05, 3.63) is 41.2 Å². The van der Waals surface area contributed by atoms with Gasteiger partial charge in [-0.25, -0.2) is 5.10 Å². The van der Waals surface area contributed by atoms with E-state index < -0.39 is 17.8 Å². The average Bonchev–Trinajstić information content (AvgIpc) is 3.02. The molecule has 1 atom stereocenters. The molecule has 1 aromatic heterocycles. The molecule has 1 fully saturated rings. The Kier molecular flexibility index (Phi) is 4.08. The number of aromatic nitrogens is 4. The van der Waals surface area contributed by atoms with E-state index in [4.69, 9.17) is 4.74 Å². The number of H-pyrrole nitrogens is 1. The number of nitrogens with one attached hydrogen (secondary N) is 1. The number of tetrazole rings is 1. The van der Waals surface area contributed by atoms with Crippen molar-refractivity contribution in [2.24, 2.45) is 0 Å². The molecule has 1 saturated heterocycles. The van der Waals surface area contributed by atoms with E-state index in [9.17, 15) is 13.2 Å². The number of nitrogens with zero attached hydrogens (tertiary/aromatic N) is 4. The fraction of sp³-hybridized carbons (Fsp3) is 0.462. The van der Waals surface area contributed by atoms with Gasteiger partial charge in [0.05, 0.1) is 24.8 Å². The van der Waals surface area contributed by atoms with Crippen molar-refractivity contribution >= 4 is 0 Å². The Labute approximate surface area is 124 Å². The summed E-state index contributed by atoms with van der Waals surface area (Å²) in [6.07, 6.45) is -4.38. The van der Waals surface area contributed by atoms with Crippen LogP contribution in [0.4, 0.5) is 13.2 Å². The first kappa shape index (κ1) is 14.9. The predicted molar refractivity (Wildman–Crippen MR) is 69.9 cm³/mol. The SMILES string of the molecule is FC(F)(F)c1cccc(C(c2nnn[nH]2)N2CCOCC2)c1. The van der Waals surface area contributed by atoms with Crippen LogP contribution in [0.5, 0.6) is 0 Å². The van der Waals surface area contributed by atoms with Crippen molar-refractivity contribution in [2.75, 3.05) is 26.3 Å². The normalized spacial score (nSPS) is 18.3. The van der Waals surface area contributed by atoms with Crippen LogP contribution in [0.25, 0.3) is 0 Å². The highest BCUT2D eigenvalue weighted by Crippen LogP contribution is 2.33.